The average molecular weight is 249 g/mol. The van der Waals surface area contributed by atoms with Crippen LogP contribution in [0.25, 0.3) is 0 Å². The highest BCUT2D eigenvalue weighted by Crippen LogP contribution is 2.27. The van der Waals surface area contributed by atoms with Crippen LogP contribution in [-0.2, 0) is 0 Å². The molecule has 0 unspecified atom stereocenters. The molecule has 5 heteroatoms. The number of thioether (sulfide) groups is 2. The number of β-amino-alcohol motifs (C(OH)–C–C–N with tert-alkyl or cyclic N) is 1. The topological polar surface area (TPSA) is 43.7 Å². The second-order valence-corrected chi connectivity index (χ2v) is 6.71. The molecular weight excluding hydrogens is 230 g/mol. The number of likely N-dealkylation sites (tertiary alicyclic amines) is 1. The minimum Gasteiger partial charge on any atom is -0.393 e. The second kappa shape index (κ2) is 5.27. The van der Waals surface area contributed by atoms with Crippen molar-refractivity contribution in [3.63, 3.8) is 0 Å². The lowest BCUT2D eigenvalue weighted by Gasteiger charge is -2.27. The second-order valence-electron chi connectivity index (χ2n) is 4.41. The van der Waals surface area contributed by atoms with Crippen LogP contribution in [0.15, 0.2) is 0 Å². The van der Waals surface area contributed by atoms with Crippen molar-refractivity contribution in [2.45, 2.75) is 18.1 Å². The van der Waals surface area contributed by atoms with Gasteiger partial charge in [0.15, 0.2) is 0 Å². The fraction of sp³-hybridized carbons (Fsp3) is 1.00. The zero-order chi connectivity index (χ0) is 10.7. The number of aliphatic hydroxyl groups excluding tert-OH is 1. The molecule has 2 heterocycles. The van der Waals surface area contributed by atoms with Gasteiger partial charge in [0.2, 0.25) is 0 Å². The average Bonchev–Trinajstić information content (AvgIpc) is 2.50. The van der Waals surface area contributed by atoms with Crippen LogP contribution in [0.2, 0.25) is 0 Å². The van der Waals surface area contributed by atoms with Crippen molar-refractivity contribution < 1.29 is 10.2 Å². The molecule has 2 fully saturated rings. The van der Waals surface area contributed by atoms with Gasteiger partial charge in [-0.2, -0.15) is 23.5 Å². The smallest absolute Gasteiger partial charge is 0.102 e. The van der Waals surface area contributed by atoms with Gasteiger partial charge in [0, 0.05) is 42.1 Å². The molecule has 1 atom stereocenters. The highest BCUT2D eigenvalue weighted by atomic mass is 32.2. The van der Waals surface area contributed by atoms with E-state index in [1.54, 1.807) is 0 Å². The molecule has 2 saturated heterocycles. The van der Waals surface area contributed by atoms with Crippen LogP contribution in [0, 0.1) is 0 Å². The molecule has 2 aliphatic heterocycles. The van der Waals surface area contributed by atoms with Crippen molar-refractivity contribution in [3.05, 3.63) is 0 Å². The Morgan fingerprint density at radius 2 is 1.93 bits per heavy atom. The molecule has 0 aromatic carbocycles. The van der Waals surface area contributed by atoms with Gasteiger partial charge in [-0.15, -0.1) is 0 Å². The third-order valence-electron chi connectivity index (χ3n) is 3.16. The summed E-state index contributed by atoms with van der Waals surface area (Å²) in [5.74, 6) is 4.85. The van der Waals surface area contributed by atoms with E-state index in [0.29, 0.717) is 12.6 Å². The van der Waals surface area contributed by atoms with Crippen molar-refractivity contribution >= 4 is 23.5 Å². The Bertz CT molecular complexity index is 210. The van der Waals surface area contributed by atoms with Crippen molar-refractivity contribution in [3.8, 4) is 0 Å². The highest BCUT2D eigenvalue weighted by Gasteiger charge is 2.38. The van der Waals surface area contributed by atoms with Crippen LogP contribution < -0.4 is 0 Å². The quantitative estimate of drug-likeness (QED) is 0.735. The van der Waals surface area contributed by atoms with Crippen molar-refractivity contribution in [2.24, 2.45) is 0 Å². The van der Waals surface area contributed by atoms with Crippen LogP contribution >= 0.6 is 23.5 Å². The lowest BCUT2D eigenvalue weighted by molar-refractivity contribution is -0.00710. The predicted molar refractivity (Wildman–Crippen MR) is 66.7 cm³/mol. The minimum absolute atomic E-state index is 0.101. The summed E-state index contributed by atoms with van der Waals surface area (Å²) in [6.07, 6.45) is 0.718. The summed E-state index contributed by atoms with van der Waals surface area (Å²) in [5.41, 5.74) is -0.832. The van der Waals surface area contributed by atoms with Crippen molar-refractivity contribution in [1.29, 1.82) is 0 Å². The van der Waals surface area contributed by atoms with E-state index in [1.165, 1.54) is 23.0 Å². The molecule has 88 valence electrons. The number of rotatable bonds is 2. The summed E-state index contributed by atoms with van der Waals surface area (Å²) >= 11 is 4.02. The molecule has 0 aromatic rings. The maximum atomic E-state index is 9.97. The Kier molecular flexibility index (Phi) is 4.24. The number of hydrogen-bond acceptors (Lipinski definition) is 5. The molecule has 2 N–H and O–H groups in total. The van der Waals surface area contributed by atoms with E-state index >= 15 is 0 Å². The third kappa shape index (κ3) is 3.03. The van der Waals surface area contributed by atoms with Crippen LogP contribution in [0.1, 0.15) is 6.42 Å². The summed E-state index contributed by atoms with van der Waals surface area (Å²) in [4.78, 5) is 2.35. The molecular formula is C10H19NO2S2. The fourth-order valence-electron chi connectivity index (χ4n) is 2.14. The van der Waals surface area contributed by atoms with E-state index in [2.05, 4.69) is 4.90 Å². The summed E-state index contributed by atoms with van der Waals surface area (Å²) in [6.45, 7) is 1.48. The van der Waals surface area contributed by atoms with E-state index in [0.717, 1.165) is 13.0 Å². The van der Waals surface area contributed by atoms with Gasteiger partial charge in [-0.25, -0.2) is 0 Å². The number of aliphatic hydroxyl groups is 2. The van der Waals surface area contributed by atoms with Crippen molar-refractivity contribution in [1.82, 2.24) is 4.90 Å². The molecule has 0 saturated carbocycles. The third-order valence-corrected chi connectivity index (χ3v) is 5.65. The standard InChI is InChI=1S/C10H19NO2S2/c12-8-10(13)1-2-11(7-10)9-5-14-3-4-15-6-9/h9,12-13H,1-8H2/t10-/m0/s1. The zero-order valence-corrected chi connectivity index (χ0v) is 10.5. The first kappa shape index (κ1) is 12.0. The van der Waals surface area contributed by atoms with Gasteiger partial charge in [-0.1, -0.05) is 0 Å². The highest BCUT2D eigenvalue weighted by molar-refractivity contribution is 8.03. The van der Waals surface area contributed by atoms with Gasteiger partial charge in [-0.3, -0.25) is 4.90 Å². The maximum absolute atomic E-state index is 9.97. The molecule has 0 spiro atoms. The lowest BCUT2D eigenvalue weighted by Crippen LogP contribution is -2.42. The SMILES string of the molecule is OC[C@]1(O)CCN(C2CSCCSC2)C1. The first-order chi connectivity index (χ1) is 7.23. The van der Waals surface area contributed by atoms with Crippen molar-refractivity contribution in [2.75, 3.05) is 42.7 Å². The Labute approximate surface area is 99.6 Å². The van der Waals surface area contributed by atoms with Gasteiger partial charge < -0.3 is 10.2 Å². The molecule has 0 aliphatic carbocycles. The van der Waals surface area contributed by atoms with E-state index in [-0.39, 0.29) is 6.61 Å². The normalized spacial score (nSPS) is 35.6. The van der Waals surface area contributed by atoms with E-state index in [1.807, 2.05) is 23.5 Å². The largest absolute Gasteiger partial charge is 0.393 e. The van der Waals surface area contributed by atoms with Crippen LogP contribution in [0.5, 0.6) is 0 Å². The monoisotopic (exact) mass is 249 g/mol. The Hall–Kier alpha value is 0.580. The Balaban J connectivity index is 1.88. The van der Waals surface area contributed by atoms with Crippen LogP contribution in [-0.4, -0.2) is 69.5 Å². The van der Waals surface area contributed by atoms with Gasteiger partial charge in [0.25, 0.3) is 0 Å². The minimum atomic E-state index is -0.832. The molecule has 3 nitrogen and oxygen atoms in total. The van der Waals surface area contributed by atoms with Gasteiger partial charge >= 0.3 is 0 Å². The molecule has 15 heavy (non-hydrogen) atoms. The van der Waals surface area contributed by atoms with Gasteiger partial charge in [0.05, 0.1) is 6.61 Å². The fourth-order valence-corrected chi connectivity index (χ4v) is 4.77. The molecule has 0 radical (unpaired) electrons. The summed E-state index contributed by atoms with van der Waals surface area (Å²) in [5, 5.41) is 19.1. The molecule has 0 amide bonds. The lowest BCUT2D eigenvalue weighted by atomic mass is 10.1. The molecule has 0 aromatic heterocycles. The molecule has 2 rings (SSSR count). The summed E-state index contributed by atoms with van der Waals surface area (Å²) in [6, 6.07) is 0.586. The predicted octanol–water partition coefficient (Wildman–Crippen LogP) is 0.264. The Morgan fingerprint density at radius 3 is 2.47 bits per heavy atom. The first-order valence-corrected chi connectivity index (χ1v) is 7.77. The zero-order valence-electron chi connectivity index (χ0n) is 8.89. The molecule has 2 aliphatic rings. The van der Waals surface area contributed by atoms with Gasteiger partial charge in [0.1, 0.15) is 5.60 Å². The summed E-state index contributed by atoms with van der Waals surface area (Å²) < 4.78 is 0. The van der Waals surface area contributed by atoms with E-state index < -0.39 is 5.60 Å². The maximum Gasteiger partial charge on any atom is 0.102 e. The number of hydrogen-bond donors (Lipinski definition) is 2. The van der Waals surface area contributed by atoms with E-state index in [4.69, 9.17) is 5.11 Å². The number of nitrogens with zero attached hydrogens (tertiary/aromatic N) is 1. The summed E-state index contributed by atoms with van der Waals surface area (Å²) in [7, 11) is 0. The van der Waals surface area contributed by atoms with E-state index in [9.17, 15) is 5.11 Å². The van der Waals surface area contributed by atoms with Crippen LogP contribution in [0.4, 0.5) is 0 Å². The Morgan fingerprint density at radius 1 is 1.27 bits per heavy atom. The molecule has 0 bridgehead atoms. The first-order valence-electron chi connectivity index (χ1n) is 5.46. The van der Waals surface area contributed by atoms with Gasteiger partial charge in [-0.05, 0) is 6.42 Å². The van der Waals surface area contributed by atoms with Crippen LogP contribution in [0.3, 0.4) is 0 Å².